The molecular weight excluding hydrogens is 358 g/mol. The van der Waals surface area contributed by atoms with Crippen LogP contribution in [0.5, 0.6) is 0 Å². The minimum atomic E-state index is -1.15. The van der Waals surface area contributed by atoms with Gasteiger partial charge >= 0.3 is 0 Å². The molecule has 6 heteroatoms. The Kier molecular flexibility index (Phi) is 3.80. The molecule has 1 aromatic rings. The molecule has 0 radical (unpaired) electrons. The highest BCUT2D eigenvalue weighted by Gasteiger charge is 2.48. The third-order valence-electron chi connectivity index (χ3n) is 4.22. The van der Waals surface area contributed by atoms with Gasteiger partial charge in [-0.05, 0) is 52.4 Å². The number of rotatable bonds is 3. The maximum absolute atomic E-state index is 12.4. The molecule has 21 heavy (non-hydrogen) atoms. The number of anilines is 1. The second-order valence-electron chi connectivity index (χ2n) is 5.44. The van der Waals surface area contributed by atoms with E-state index in [1.807, 2.05) is 12.2 Å². The van der Waals surface area contributed by atoms with Crippen LogP contribution >= 0.6 is 27.5 Å². The number of hydrogen-bond acceptors (Lipinski definition) is 3. The first-order valence-corrected chi connectivity index (χ1v) is 7.79. The highest BCUT2D eigenvalue weighted by Crippen LogP contribution is 2.48. The molecule has 1 fully saturated rings. The van der Waals surface area contributed by atoms with Crippen molar-refractivity contribution >= 4 is 45.1 Å². The van der Waals surface area contributed by atoms with Crippen LogP contribution in [0.15, 0.2) is 34.8 Å². The van der Waals surface area contributed by atoms with E-state index in [2.05, 4.69) is 21.2 Å². The largest absolute Gasteiger partial charge is 0.550 e. The van der Waals surface area contributed by atoms with Crippen LogP contribution in [0, 0.1) is 23.7 Å². The van der Waals surface area contributed by atoms with Gasteiger partial charge in [0, 0.05) is 22.0 Å². The van der Waals surface area contributed by atoms with Crippen LogP contribution in [-0.4, -0.2) is 11.9 Å². The highest BCUT2D eigenvalue weighted by atomic mass is 79.9. The maximum Gasteiger partial charge on any atom is 0.228 e. The Morgan fingerprint density at radius 3 is 2.52 bits per heavy atom. The summed E-state index contributed by atoms with van der Waals surface area (Å²) in [5.74, 6) is -2.88. The molecule has 1 amide bonds. The summed E-state index contributed by atoms with van der Waals surface area (Å²) in [6, 6.07) is 5.07. The number of carbonyl (C=O) groups excluding carboxylic acids is 2. The molecule has 2 aliphatic rings. The molecule has 4 atom stereocenters. The van der Waals surface area contributed by atoms with Gasteiger partial charge in [-0.3, -0.25) is 4.79 Å². The Labute approximate surface area is 135 Å². The van der Waals surface area contributed by atoms with Gasteiger partial charge in [0.15, 0.2) is 0 Å². The number of benzene rings is 1. The lowest BCUT2D eigenvalue weighted by Gasteiger charge is -2.27. The van der Waals surface area contributed by atoms with Crippen molar-refractivity contribution in [2.75, 3.05) is 5.32 Å². The van der Waals surface area contributed by atoms with E-state index in [-0.39, 0.29) is 17.7 Å². The lowest BCUT2D eigenvalue weighted by Crippen LogP contribution is -2.42. The van der Waals surface area contributed by atoms with Gasteiger partial charge < -0.3 is 15.2 Å². The van der Waals surface area contributed by atoms with E-state index in [9.17, 15) is 14.7 Å². The molecule has 2 bridgehead atoms. The molecule has 4 nitrogen and oxygen atoms in total. The fraction of sp³-hybridized carbons (Fsp3) is 0.333. The van der Waals surface area contributed by atoms with Gasteiger partial charge in [0.2, 0.25) is 5.91 Å². The standard InChI is InChI=1S/C15H13BrClNO3/c16-10-4-3-9(6-11(10)17)18-14(19)12-7-1-2-8(5-7)13(12)15(20)21/h1-4,6-8,12-13H,5H2,(H,18,19)(H,20,21)/p-1/t7-,8-,12+,13-/m0/s1. The van der Waals surface area contributed by atoms with Crippen molar-refractivity contribution in [2.45, 2.75) is 6.42 Å². The molecule has 0 aromatic heterocycles. The average Bonchev–Trinajstić information content (AvgIpc) is 3.03. The Bertz CT molecular complexity index is 646. The van der Waals surface area contributed by atoms with Crippen LogP contribution in [0.4, 0.5) is 5.69 Å². The predicted molar refractivity (Wildman–Crippen MR) is 80.5 cm³/mol. The number of carbonyl (C=O) groups is 2. The zero-order valence-corrected chi connectivity index (χ0v) is 13.2. The van der Waals surface area contributed by atoms with Crippen LogP contribution in [0.2, 0.25) is 5.02 Å². The van der Waals surface area contributed by atoms with E-state index in [0.717, 1.165) is 4.47 Å². The molecule has 0 unspecified atom stereocenters. The van der Waals surface area contributed by atoms with E-state index in [4.69, 9.17) is 11.6 Å². The number of allylic oxidation sites excluding steroid dienone is 2. The monoisotopic (exact) mass is 368 g/mol. The van der Waals surface area contributed by atoms with Crippen LogP contribution in [-0.2, 0) is 9.59 Å². The summed E-state index contributed by atoms with van der Waals surface area (Å²) < 4.78 is 0.734. The van der Waals surface area contributed by atoms with Crippen LogP contribution in [0.3, 0.4) is 0 Å². The van der Waals surface area contributed by atoms with E-state index in [0.29, 0.717) is 17.1 Å². The Morgan fingerprint density at radius 1 is 1.24 bits per heavy atom. The van der Waals surface area contributed by atoms with Crippen LogP contribution in [0.1, 0.15) is 6.42 Å². The topological polar surface area (TPSA) is 69.2 Å². The highest BCUT2D eigenvalue weighted by molar-refractivity contribution is 9.10. The molecule has 0 heterocycles. The van der Waals surface area contributed by atoms with Crippen molar-refractivity contribution in [1.82, 2.24) is 0 Å². The Hall–Kier alpha value is -1.33. The number of nitrogens with one attached hydrogen (secondary N) is 1. The number of carboxylic acid groups (broad SMARTS) is 1. The van der Waals surface area contributed by atoms with E-state index < -0.39 is 17.8 Å². The molecule has 110 valence electrons. The van der Waals surface area contributed by atoms with Crippen molar-refractivity contribution in [3.05, 3.63) is 39.8 Å². The van der Waals surface area contributed by atoms with Crippen molar-refractivity contribution in [3.63, 3.8) is 0 Å². The summed E-state index contributed by atoms with van der Waals surface area (Å²) in [4.78, 5) is 23.7. The van der Waals surface area contributed by atoms with Crippen molar-refractivity contribution in [1.29, 1.82) is 0 Å². The van der Waals surface area contributed by atoms with Gasteiger partial charge in [0.25, 0.3) is 0 Å². The zero-order chi connectivity index (χ0) is 15.1. The first-order chi connectivity index (χ1) is 9.97. The van der Waals surface area contributed by atoms with Crippen molar-refractivity contribution < 1.29 is 14.7 Å². The summed E-state index contributed by atoms with van der Waals surface area (Å²) >= 11 is 9.26. The molecule has 0 saturated heterocycles. The van der Waals surface area contributed by atoms with Gasteiger partial charge in [-0.1, -0.05) is 23.8 Å². The third-order valence-corrected chi connectivity index (χ3v) is 5.45. The molecular formula is C15H12BrClNO3-. The van der Waals surface area contributed by atoms with Gasteiger partial charge in [-0.15, -0.1) is 0 Å². The van der Waals surface area contributed by atoms with E-state index in [1.54, 1.807) is 18.2 Å². The van der Waals surface area contributed by atoms with Crippen molar-refractivity contribution in [3.8, 4) is 0 Å². The average molecular weight is 370 g/mol. The minimum Gasteiger partial charge on any atom is -0.550 e. The molecule has 1 saturated carbocycles. The fourth-order valence-electron chi connectivity index (χ4n) is 3.30. The summed E-state index contributed by atoms with van der Waals surface area (Å²) in [5.41, 5.74) is 0.553. The van der Waals surface area contributed by atoms with Gasteiger partial charge in [-0.2, -0.15) is 0 Å². The molecule has 3 rings (SSSR count). The number of fused-ring (bicyclic) bond motifs is 2. The molecule has 1 N–H and O–H groups in total. The molecule has 1 aromatic carbocycles. The number of hydrogen-bond donors (Lipinski definition) is 1. The zero-order valence-electron chi connectivity index (χ0n) is 10.9. The lowest BCUT2D eigenvalue weighted by molar-refractivity contribution is -0.313. The van der Waals surface area contributed by atoms with Gasteiger partial charge in [0.05, 0.1) is 10.9 Å². The smallest absolute Gasteiger partial charge is 0.228 e. The fourth-order valence-corrected chi connectivity index (χ4v) is 3.73. The SMILES string of the molecule is O=C([O-])[C@@H]1[C@H](C(=O)Nc2ccc(Br)c(Cl)c2)[C@H]2C=C[C@H]1C2. The summed E-state index contributed by atoms with van der Waals surface area (Å²) in [6.45, 7) is 0. The van der Waals surface area contributed by atoms with Crippen LogP contribution < -0.4 is 10.4 Å². The minimum absolute atomic E-state index is 0.0242. The maximum atomic E-state index is 12.4. The Morgan fingerprint density at radius 2 is 1.90 bits per heavy atom. The first kappa shape index (κ1) is 14.6. The first-order valence-electron chi connectivity index (χ1n) is 6.62. The molecule has 2 aliphatic carbocycles. The van der Waals surface area contributed by atoms with Gasteiger partial charge in [-0.25, -0.2) is 0 Å². The second kappa shape index (κ2) is 5.46. The normalized spacial score (nSPS) is 29.6. The molecule has 0 spiro atoms. The quantitative estimate of drug-likeness (QED) is 0.831. The number of carboxylic acids is 1. The Balaban J connectivity index is 1.80. The van der Waals surface area contributed by atoms with E-state index >= 15 is 0 Å². The lowest BCUT2D eigenvalue weighted by atomic mass is 9.82. The van der Waals surface area contributed by atoms with E-state index in [1.165, 1.54) is 0 Å². The van der Waals surface area contributed by atoms with Crippen LogP contribution in [0.25, 0.3) is 0 Å². The van der Waals surface area contributed by atoms with Crippen molar-refractivity contribution in [2.24, 2.45) is 23.7 Å². The number of amides is 1. The molecule has 0 aliphatic heterocycles. The number of aliphatic carboxylic acids is 1. The summed E-state index contributed by atoms with van der Waals surface area (Å²) in [6.07, 6.45) is 4.52. The predicted octanol–water partition coefficient (Wildman–Crippen LogP) is 2.23. The van der Waals surface area contributed by atoms with Gasteiger partial charge in [0.1, 0.15) is 0 Å². The second-order valence-corrected chi connectivity index (χ2v) is 6.70. The number of halogens is 2. The summed E-state index contributed by atoms with van der Waals surface area (Å²) in [7, 11) is 0. The summed E-state index contributed by atoms with van der Waals surface area (Å²) in [5, 5.41) is 14.5. The third kappa shape index (κ3) is 2.60.